The quantitative estimate of drug-likeness (QED) is 0.494. The van der Waals surface area contributed by atoms with E-state index in [9.17, 15) is 19.5 Å². The van der Waals surface area contributed by atoms with E-state index in [0.717, 1.165) is 5.56 Å². The molecule has 0 saturated carbocycles. The molecule has 3 atom stereocenters. The minimum atomic E-state index is -0.528. The smallest absolute Gasteiger partial charge is 0.306 e. The summed E-state index contributed by atoms with van der Waals surface area (Å²) in [6.07, 6.45) is 5.43. The van der Waals surface area contributed by atoms with Crippen LogP contribution < -0.4 is 10.6 Å². The normalized spacial score (nSPS) is 21.9. The van der Waals surface area contributed by atoms with Crippen LogP contribution in [0.25, 0.3) is 0 Å². The van der Waals surface area contributed by atoms with Crippen molar-refractivity contribution in [2.24, 2.45) is 5.92 Å². The summed E-state index contributed by atoms with van der Waals surface area (Å²) in [5.74, 6) is -1.35. The number of ether oxygens (including phenoxy) is 1. The van der Waals surface area contributed by atoms with Crippen molar-refractivity contribution in [2.45, 2.75) is 51.1 Å². The third kappa shape index (κ3) is 8.48. The van der Waals surface area contributed by atoms with Crippen LogP contribution in [0.1, 0.15) is 38.2 Å². The van der Waals surface area contributed by atoms with Gasteiger partial charge in [-0.2, -0.15) is 0 Å². The van der Waals surface area contributed by atoms with Gasteiger partial charge >= 0.3 is 5.97 Å². The number of carbonyl (C=O) groups excluding carboxylic acids is 3. The number of rotatable bonds is 6. The number of carbonyl (C=O) groups is 3. The van der Waals surface area contributed by atoms with Gasteiger partial charge in [0.15, 0.2) is 0 Å². The molecule has 1 aliphatic rings. The fraction of sp³-hybridized carbons (Fsp3) is 0.500. The van der Waals surface area contributed by atoms with Gasteiger partial charge in [0.2, 0.25) is 11.8 Å². The standard InChI is InChI=1S/C22H30N2O5/c1-16-15-29-21(27)11-7-3-6-10-18(22(28)23-16)13-20(26)24-19(14-25)12-17-8-4-2-5-9-17/h2-6,8-9,16,18-19,25H,7,10-15H2,1H3,(H,23,28)(H,24,26)/t16-,18+,19-/m0/s1. The van der Waals surface area contributed by atoms with Crippen LogP contribution in [0.2, 0.25) is 0 Å². The highest BCUT2D eigenvalue weighted by molar-refractivity contribution is 5.86. The summed E-state index contributed by atoms with van der Waals surface area (Å²) in [7, 11) is 0. The summed E-state index contributed by atoms with van der Waals surface area (Å²) >= 11 is 0. The average molecular weight is 402 g/mol. The molecule has 0 fully saturated rings. The molecule has 7 heteroatoms. The third-order valence-electron chi connectivity index (χ3n) is 4.70. The number of cyclic esters (lactones) is 1. The molecule has 2 amide bonds. The van der Waals surface area contributed by atoms with Crippen molar-refractivity contribution in [3.05, 3.63) is 48.0 Å². The van der Waals surface area contributed by atoms with Gasteiger partial charge < -0.3 is 20.5 Å². The number of aliphatic hydroxyl groups is 1. The van der Waals surface area contributed by atoms with E-state index >= 15 is 0 Å². The second-order valence-electron chi connectivity index (χ2n) is 7.38. The molecule has 1 heterocycles. The van der Waals surface area contributed by atoms with Gasteiger partial charge in [0.25, 0.3) is 0 Å². The van der Waals surface area contributed by atoms with E-state index < -0.39 is 12.0 Å². The number of hydrogen-bond donors (Lipinski definition) is 3. The summed E-state index contributed by atoms with van der Waals surface area (Å²) in [6.45, 7) is 1.68. The van der Waals surface area contributed by atoms with Crippen molar-refractivity contribution in [3.8, 4) is 0 Å². The van der Waals surface area contributed by atoms with E-state index in [1.54, 1.807) is 6.92 Å². The van der Waals surface area contributed by atoms with E-state index in [4.69, 9.17) is 4.74 Å². The Bertz CT molecular complexity index is 704. The van der Waals surface area contributed by atoms with Gasteiger partial charge in [-0.05, 0) is 31.7 Å². The molecular weight excluding hydrogens is 372 g/mol. The highest BCUT2D eigenvalue weighted by Gasteiger charge is 2.24. The first-order valence-electron chi connectivity index (χ1n) is 10.0. The molecule has 2 rings (SSSR count). The Kier molecular flexibility index (Phi) is 9.37. The lowest BCUT2D eigenvalue weighted by Crippen LogP contribution is -2.44. The number of allylic oxidation sites excluding steroid dienone is 2. The van der Waals surface area contributed by atoms with Crippen molar-refractivity contribution in [2.75, 3.05) is 13.2 Å². The van der Waals surface area contributed by atoms with Crippen molar-refractivity contribution in [3.63, 3.8) is 0 Å². The first kappa shape index (κ1) is 22.6. The third-order valence-corrected chi connectivity index (χ3v) is 4.70. The maximum atomic E-state index is 12.6. The molecule has 0 saturated heterocycles. The molecule has 1 aromatic carbocycles. The maximum absolute atomic E-state index is 12.6. The van der Waals surface area contributed by atoms with Crippen molar-refractivity contribution < 1.29 is 24.2 Å². The van der Waals surface area contributed by atoms with Crippen molar-refractivity contribution >= 4 is 17.8 Å². The zero-order valence-corrected chi connectivity index (χ0v) is 16.8. The summed E-state index contributed by atoms with van der Waals surface area (Å²) in [5.41, 5.74) is 1.02. The van der Waals surface area contributed by atoms with Crippen LogP contribution in [0, 0.1) is 5.92 Å². The lowest BCUT2D eigenvalue weighted by Gasteiger charge is -2.21. The zero-order chi connectivity index (χ0) is 21.1. The minimum absolute atomic E-state index is 0.0218. The van der Waals surface area contributed by atoms with Gasteiger partial charge in [-0.15, -0.1) is 0 Å². The maximum Gasteiger partial charge on any atom is 0.306 e. The van der Waals surface area contributed by atoms with Crippen molar-refractivity contribution in [1.29, 1.82) is 0 Å². The molecule has 3 N–H and O–H groups in total. The van der Waals surface area contributed by atoms with Crippen LogP contribution in [0.4, 0.5) is 0 Å². The molecule has 1 aliphatic heterocycles. The van der Waals surface area contributed by atoms with Crippen molar-refractivity contribution in [1.82, 2.24) is 10.6 Å². The number of aliphatic hydroxyl groups excluding tert-OH is 1. The number of nitrogens with one attached hydrogen (secondary N) is 2. The first-order valence-corrected chi connectivity index (χ1v) is 10.0. The largest absolute Gasteiger partial charge is 0.463 e. The second kappa shape index (κ2) is 12.0. The Balaban J connectivity index is 1.95. The Morgan fingerprint density at radius 3 is 2.76 bits per heavy atom. The van der Waals surface area contributed by atoms with Crippen LogP contribution in [-0.2, 0) is 25.5 Å². The molecule has 1 aromatic rings. The Labute approximate surface area is 171 Å². The summed E-state index contributed by atoms with van der Waals surface area (Å²) in [6, 6.07) is 8.87. The Hall–Kier alpha value is -2.67. The lowest BCUT2D eigenvalue weighted by atomic mass is 9.98. The van der Waals surface area contributed by atoms with E-state index in [1.165, 1.54) is 0 Å². The van der Waals surface area contributed by atoms with Crippen LogP contribution >= 0.6 is 0 Å². The number of esters is 1. The van der Waals surface area contributed by atoms with Gasteiger partial charge in [-0.1, -0.05) is 42.5 Å². The van der Waals surface area contributed by atoms with Crippen LogP contribution in [0.5, 0.6) is 0 Å². The van der Waals surface area contributed by atoms with Gasteiger partial charge in [0.1, 0.15) is 6.61 Å². The predicted octanol–water partition coefficient (Wildman–Crippen LogP) is 1.50. The highest BCUT2D eigenvalue weighted by atomic mass is 16.5. The lowest BCUT2D eigenvalue weighted by molar-refractivity contribution is -0.145. The van der Waals surface area contributed by atoms with E-state index in [0.29, 0.717) is 25.7 Å². The molecule has 0 aliphatic carbocycles. The Morgan fingerprint density at radius 1 is 1.28 bits per heavy atom. The summed E-state index contributed by atoms with van der Waals surface area (Å²) < 4.78 is 5.12. The number of hydrogen-bond acceptors (Lipinski definition) is 5. The van der Waals surface area contributed by atoms with E-state index in [1.807, 2.05) is 42.5 Å². The molecule has 0 aromatic heterocycles. The molecule has 0 radical (unpaired) electrons. The summed E-state index contributed by atoms with van der Waals surface area (Å²) in [5, 5.41) is 15.2. The minimum Gasteiger partial charge on any atom is -0.463 e. The molecule has 0 unspecified atom stereocenters. The second-order valence-corrected chi connectivity index (χ2v) is 7.38. The molecule has 0 spiro atoms. The molecule has 29 heavy (non-hydrogen) atoms. The first-order chi connectivity index (χ1) is 14.0. The fourth-order valence-corrected chi connectivity index (χ4v) is 3.13. The average Bonchev–Trinajstić information content (AvgIpc) is 2.70. The highest BCUT2D eigenvalue weighted by Crippen LogP contribution is 2.13. The topological polar surface area (TPSA) is 105 Å². The predicted molar refractivity (Wildman–Crippen MR) is 109 cm³/mol. The van der Waals surface area contributed by atoms with Gasteiger partial charge in [0.05, 0.1) is 24.6 Å². The molecule has 158 valence electrons. The van der Waals surface area contributed by atoms with Gasteiger partial charge in [0, 0.05) is 12.8 Å². The van der Waals surface area contributed by atoms with E-state index in [-0.39, 0.29) is 43.5 Å². The fourth-order valence-electron chi connectivity index (χ4n) is 3.13. The van der Waals surface area contributed by atoms with Crippen LogP contribution in [-0.4, -0.2) is 48.2 Å². The molecule has 7 nitrogen and oxygen atoms in total. The molecule has 0 bridgehead atoms. The van der Waals surface area contributed by atoms with Crippen LogP contribution in [0.15, 0.2) is 42.5 Å². The SMILES string of the molecule is C[C@H]1COC(=O)CCC=CC[C@H](CC(=O)N[C@H](CO)Cc2ccccc2)C(=O)N1. The monoisotopic (exact) mass is 402 g/mol. The van der Waals surface area contributed by atoms with Gasteiger partial charge in [-0.25, -0.2) is 0 Å². The molecular formula is C22H30N2O5. The van der Waals surface area contributed by atoms with Crippen LogP contribution in [0.3, 0.4) is 0 Å². The zero-order valence-electron chi connectivity index (χ0n) is 16.8. The van der Waals surface area contributed by atoms with E-state index in [2.05, 4.69) is 10.6 Å². The summed E-state index contributed by atoms with van der Waals surface area (Å²) in [4.78, 5) is 36.7. The van der Waals surface area contributed by atoms with Gasteiger partial charge in [-0.3, -0.25) is 14.4 Å². The number of amides is 2. The number of benzene rings is 1. The Morgan fingerprint density at radius 2 is 2.03 bits per heavy atom.